The topological polar surface area (TPSA) is 26.3 Å². The van der Waals surface area contributed by atoms with Crippen LogP contribution in [0.3, 0.4) is 0 Å². The van der Waals surface area contributed by atoms with Gasteiger partial charge in [-0.05, 0) is 49.4 Å². The largest absolute Gasteiger partial charge is 0.496 e. The summed E-state index contributed by atoms with van der Waals surface area (Å²) < 4.78 is 29.9. The summed E-state index contributed by atoms with van der Waals surface area (Å²) in [6.07, 6.45) is 3.22. The highest BCUT2D eigenvalue weighted by Crippen LogP contribution is 2.34. The molecule has 0 spiro atoms. The van der Waals surface area contributed by atoms with Gasteiger partial charge in [0.25, 0.3) is 5.76 Å². The Kier molecular flexibility index (Phi) is 5.74. The normalized spacial score (nSPS) is 11.3. The number of thioether (sulfide) groups is 1. The first-order chi connectivity index (χ1) is 10.5. The molecule has 22 heavy (non-hydrogen) atoms. The van der Waals surface area contributed by atoms with Gasteiger partial charge in [-0.1, -0.05) is 11.8 Å². The van der Waals surface area contributed by atoms with Gasteiger partial charge < -0.3 is 4.74 Å². The number of allylic oxidation sites excluding steroid dienone is 1. The molecule has 2 rings (SSSR count). The number of carbonyl (C=O) groups is 1. The van der Waals surface area contributed by atoms with E-state index in [4.69, 9.17) is 4.74 Å². The summed E-state index contributed by atoms with van der Waals surface area (Å²) in [5.41, 5.74) is 0.403. The zero-order valence-electron chi connectivity index (χ0n) is 12.0. The van der Waals surface area contributed by atoms with E-state index in [1.165, 1.54) is 36.3 Å². The minimum absolute atomic E-state index is 0.196. The van der Waals surface area contributed by atoms with E-state index in [0.717, 1.165) is 4.88 Å². The molecule has 0 amide bonds. The van der Waals surface area contributed by atoms with Gasteiger partial charge in [0.2, 0.25) is 0 Å². The second-order valence-electron chi connectivity index (χ2n) is 4.39. The molecule has 116 valence electrons. The zero-order chi connectivity index (χ0) is 16.1. The fourth-order valence-corrected chi connectivity index (χ4v) is 3.19. The van der Waals surface area contributed by atoms with Gasteiger partial charge in [-0.3, -0.25) is 4.79 Å². The Labute approximate surface area is 135 Å². The van der Waals surface area contributed by atoms with Crippen molar-refractivity contribution in [3.05, 3.63) is 51.7 Å². The second-order valence-corrected chi connectivity index (χ2v) is 6.74. The van der Waals surface area contributed by atoms with Gasteiger partial charge >= 0.3 is 0 Å². The lowest BCUT2D eigenvalue weighted by Gasteiger charge is -2.08. The molecular formula is C16H14F2O2S2. The van der Waals surface area contributed by atoms with Crippen LogP contribution in [0.5, 0.6) is 5.75 Å². The van der Waals surface area contributed by atoms with E-state index in [1.807, 2.05) is 19.1 Å². The van der Waals surface area contributed by atoms with E-state index < -0.39 is 5.76 Å². The molecule has 0 aliphatic heterocycles. The summed E-state index contributed by atoms with van der Waals surface area (Å²) in [5, 5.41) is 0. The van der Waals surface area contributed by atoms with Crippen LogP contribution in [0.15, 0.2) is 41.3 Å². The van der Waals surface area contributed by atoms with Crippen LogP contribution in [-0.2, 0) is 0 Å². The molecule has 1 aromatic carbocycles. The molecule has 2 nitrogen and oxygen atoms in total. The lowest BCUT2D eigenvalue weighted by Crippen LogP contribution is -1.97. The summed E-state index contributed by atoms with van der Waals surface area (Å²) in [6.45, 7) is 1.99. The van der Waals surface area contributed by atoms with Crippen molar-refractivity contribution in [1.29, 1.82) is 0 Å². The monoisotopic (exact) mass is 340 g/mol. The Hall–Kier alpha value is -1.66. The third-order valence-corrected chi connectivity index (χ3v) is 4.56. The Morgan fingerprint density at radius 3 is 2.68 bits per heavy atom. The zero-order valence-corrected chi connectivity index (χ0v) is 13.6. The fourth-order valence-electron chi connectivity index (χ4n) is 1.81. The van der Waals surface area contributed by atoms with Gasteiger partial charge in [-0.25, -0.2) is 0 Å². The maximum atomic E-state index is 12.4. The highest BCUT2D eigenvalue weighted by molar-refractivity contribution is 7.99. The van der Waals surface area contributed by atoms with E-state index in [9.17, 15) is 13.6 Å². The highest BCUT2D eigenvalue weighted by Gasteiger charge is 2.13. The van der Waals surface area contributed by atoms with Gasteiger partial charge in [-0.15, -0.1) is 11.3 Å². The second kappa shape index (κ2) is 7.56. The molecule has 0 aliphatic carbocycles. The molecule has 0 N–H and O–H groups in total. The van der Waals surface area contributed by atoms with Crippen LogP contribution in [0.1, 0.15) is 20.1 Å². The molecular weight excluding hydrogens is 326 g/mol. The fraction of sp³-hybridized carbons (Fsp3) is 0.188. The van der Waals surface area contributed by atoms with Crippen molar-refractivity contribution in [2.75, 3.05) is 7.11 Å². The van der Waals surface area contributed by atoms with E-state index in [-0.39, 0.29) is 11.5 Å². The van der Waals surface area contributed by atoms with Crippen LogP contribution in [0.4, 0.5) is 8.78 Å². The molecule has 0 aliphatic rings. The number of halogens is 2. The Morgan fingerprint density at radius 1 is 1.32 bits per heavy atom. The van der Waals surface area contributed by atoms with Gasteiger partial charge in [-0.2, -0.15) is 8.78 Å². The van der Waals surface area contributed by atoms with Crippen molar-refractivity contribution in [3.8, 4) is 5.75 Å². The van der Waals surface area contributed by atoms with Crippen molar-refractivity contribution in [1.82, 2.24) is 0 Å². The number of thiophene rings is 1. The average molecular weight is 340 g/mol. The van der Waals surface area contributed by atoms with Gasteiger partial charge in [0.15, 0.2) is 5.78 Å². The average Bonchev–Trinajstić information content (AvgIpc) is 2.90. The minimum Gasteiger partial charge on any atom is -0.496 e. The van der Waals surface area contributed by atoms with E-state index in [1.54, 1.807) is 17.4 Å². The number of ether oxygens (including phenoxy) is 1. The molecule has 0 bridgehead atoms. The van der Waals surface area contributed by atoms with Crippen molar-refractivity contribution in [3.63, 3.8) is 0 Å². The van der Waals surface area contributed by atoms with Crippen LogP contribution in [0, 0.1) is 6.92 Å². The lowest BCUT2D eigenvalue weighted by atomic mass is 10.1. The Bertz CT molecular complexity index is 693. The lowest BCUT2D eigenvalue weighted by molar-refractivity contribution is 0.104. The van der Waals surface area contributed by atoms with E-state index in [2.05, 4.69) is 0 Å². The number of hydrogen-bond acceptors (Lipinski definition) is 4. The molecule has 0 fully saturated rings. The Balaban J connectivity index is 2.17. The SMILES string of the molecule is COc1cc(C(=O)C=Cc2ccc(C)s2)ccc1SC(F)F. The summed E-state index contributed by atoms with van der Waals surface area (Å²) in [4.78, 5) is 14.6. The molecule has 1 heterocycles. The molecule has 0 saturated heterocycles. The van der Waals surface area contributed by atoms with Crippen LogP contribution in [0.25, 0.3) is 6.08 Å². The van der Waals surface area contributed by atoms with Crippen molar-refractivity contribution in [2.24, 2.45) is 0 Å². The van der Waals surface area contributed by atoms with E-state index in [0.29, 0.717) is 22.2 Å². The van der Waals surface area contributed by atoms with Gasteiger partial charge in [0.1, 0.15) is 5.75 Å². The van der Waals surface area contributed by atoms with Crippen molar-refractivity contribution >= 4 is 35.0 Å². The highest BCUT2D eigenvalue weighted by atomic mass is 32.2. The van der Waals surface area contributed by atoms with Gasteiger partial charge in [0.05, 0.1) is 12.0 Å². The number of hydrogen-bond donors (Lipinski definition) is 0. The quantitative estimate of drug-likeness (QED) is 0.407. The van der Waals surface area contributed by atoms with Crippen molar-refractivity contribution in [2.45, 2.75) is 17.6 Å². The molecule has 1 aromatic heterocycles. The van der Waals surface area contributed by atoms with E-state index >= 15 is 0 Å². The molecule has 0 unspecified atom stereocenters. The summed E-state index contributed by atoms with van der Waals surface area (Å²) >= 11 is 1.99. The minimum atomic E-state index is -2.53. The summed E-state index contributed by atoms with van der Waals surface area (Å²) in [7, 11) is 1.39. The predicted octanol–water partition coefficient (Wildman–Crippen LogP) is 5.28. The maximum absolute atomic E-state index is 12.4. The van der Waals surface area contributed by atoms with Crippen molar-refractivity contribution < 1.29 is 18.3 Å². The number of alkyl halides is 2. The molecule has 2 aromatic rings. The van der Waals surface area contributed by atoms with Gasteiger partial charge in [0, 0.05) is 15.3 Å². The molecule has 0 radical (unpaired) electrons. The molecule has 0 atom stereocenters. The third kappa shape index (κ3) is 4.42. The molecule has 0 saturated carbocycles. The van der Waals surface area contributed by atoms with Crippen LogP contribution < -0.4 is 4.74 Å². The number of aryl methyl sites for hydroxylation is 1. The smallest absolute Gasteiger partial charge is 0.289 e. The van der Waals surface area contributed by atoms with Crippen LogP contribution in [0.2, 0.25) is 0 Å². The molecule has 6 heteroatoms. The third-order valence-electron chi connectivity index (χ3n) is 2.82. The first-order valence-electron chi connectivity index (χ1n) is 6.41. The number of ketones is 1. The summed E-state index contributed by atoms with van der Waals surface area (Å²) in [6, 6.07) is 8.41. The predicted molar refractivity (Wildman–Crippen MR) is 87.3 cm³/mol. The summed E-state index contributed by atoms with van der Waals surface area (Å²) in [5.74, 6) is -2.45. The first kappa shape index (κ1) is 16.7. The number of carbonyl (C=O) groups excluding carboxylic acids is 1. The number of rotatable bonds is 6. The van der Waals surface area contributed by atoms with Crippen LogP contribution >= 0.6 is 23.1 Å². The maximum Gasteiger partial charge on any atom is 0.289 e. The number of methoxy groups -OCH3 is 1. The Morgan fingerprint density at radius 2 is 2.09 bits per heavy atom. The number of benzene rings is 1. The standard InChI is InChI=1S/C16H14F2O2S2/c1-10-3-5-12(21-10)6-7-13(19)11-4-8-15(22-16(17)18)14(9-11)20-2/h3-9,16H,1-2H3. The van der Waals surface area contributed by atoms with Crippen LogP contribution in [-0.4, -0.2) is 18.7 Å². The first-order valence-corrected chi connectivity index (χ1v) is 8.11.